The minimum absolute atomic E-state index is 0.0438. The van der Waals surface area contributed by atoms with E-state index in [0.29, 0.717) is 6.54 Å². The highest BCUT2D eigenvalue weighted by atomic mass is 19.4. The first-order chi connectivity index (χ1) is 9.61. The molecule has 0 spiro atoms. The third-order valence-electron chi connectivity index (χ3n) is 2.70. The average molecular weight is 305 g/mol. The number of hydrogen-bond acceptors (Lipinski definition) is 4. The molecule has 0 unspecified atom stereocenters. The molecule has 1 aromatic rings. The van der Waals surface area contributed by atoms with Gasteiger partial charge in [-0.1, -0.05) is 6.07 Å². The smallest absolute Gasteiger partial charge is 0.395 e. The van der Waals surface area contributed by atoms with Crippen molar-refractivity contribution in [1.29, 1.82) is 0 Å². The number of pyridine rings is 1. The van der Waals surface area contributed by atoms with Crippen LogP contribution in [0.15, 0.2) is 18.3 Å². The molecule has 0 aliphatic heterocycles. The van der Waals surface area contributed by atoms with Crippen LogP contribution in [0.5, 0.6) is 0 Å². The van der Waals surface area contributed by atoms with Gasteiger partial charge in [0, 0.05) is 24.8 Å². The van der Waals surface area contributed by atoms with Gasteiger partial charge in [-0.3, -0.25) is 0 Å². The van der Waals surface area contributed by atoms with Gasteiger partial charge in [0.05, 0.1) is 6.61 Å². The van der Waals surface area contributed by atoms with E-state index in [4.69, 9.17) is 5.11 Å². The largest absolute Gasteiger partial charge is 0.405 e. The van der Waals surface area contributed by atoms with Gasteiger partial charge in [-0.25, -0.2) is 4.98 Å². The first-order valence-corrected chi connectivity index (χ1v) is 6.73. The Kier molecular flexibility index (Phi) is 5.98. The summed E-state index contributed by atoms with van der Waals surface area (Å²) >= 11 is 0. The maximum Gasteiger partial charge on any atom is 0.405 e. The van der Waals surface area contributed by atoms with Gasteiger partial charge in [0.15, 0.2) is 0 Å². The Hall–Kier alpha value is -1.34. The van der Waals surface area contributed by atoms with Crippen LogP contribution in [-0.4, -0.2) is 41.5 Å². The molecule has 0 aliphatic carbocycles. The van der Waals surface area contributed by atoms with Crippen molar-refractivity contribution in [3.8, 4) is 0 Å². The zero-order valence-electron chi connectivity index (χ0n) is 12.5. The summed E-state index contributed by atoms with van der Waals surface area (Å²) in [6, 6.07) is 3.28. The van der Waals surface area contributed by atoms with E-state index in [-0.39, 0.29) is 24.5 Å². The minimum atomic E-state index is -4.33. The highest BCUT2D eigenvalue weighted by molar-refractivity contribution is 5.39. The molecule has 1 rings (SSSR count). The molecular formula is C14H22F3N3O. The van der Waals surface area contributed by atoms with E-state index >= 15 is 0 Å². The van der Waals surface area contributed by atoms with Gasteiger partial charge in [0.1, 0.15) is 12.4 Å². The lowest BCUT2D eigenvalue weighted by atomic mass is 10.1. The highest BCUT2D eigenvalue weighted by Gasteiger charge is 2.31. The molecule has 21 heavy (non-hydrogen) atoms. The van der Waals surface area contributed by atoms with E-state index in [1.807, 2.05) is 20.8 Å². The molecule has 1 aromatic heterocycles. The van der Waals surface area contributed by atoms with Gasteiger partial charge < -0.3 is 15.3 Å². The maximum atomic E-state index is 12.5. The predicted octanol–water partition coefficient (Wildman–Crippen LogP) is 2.33. The number of hydrogen-bond donors (Lipinski definition) is 2. The molecule has 0 radical (unpaired) electrons. The van der Waals surface area contributed by atoms with Crippen molar-refractivity contribution in [2.24, 2.45) is 0 Å². The lowest BCUT2D eigenvalue weighted by Gasteiger charge is -2.24. The number of nitrogens with one attached hydrogen (secondary N) is 1. The topological polar surface area (TPSA) is 48.4 Å². The van der Waals surface area contributed by atoms with Gasteiger partial charge in [-0.15, -0.1) is 0 Å². The Morgan fingerprint density at radius 2 is 1.90 bits per heavy atom. The molecule has 0 fully saturated rings. The molecule has 0 bridgehead atoms. The lowest BCUT2D eigenvalue weighted by Crippen LogP contribution is -2.37. The zero-order valence-corrected chi connectivity index (χ0v) is 12.5. The maximum absolute atomic E-state index is 12.5. The average Bonchev–Trinajstić information content (AvgIpc) is 2.34. The number of rotatable bonds is 6. The fourth-order valence-corrected chi connectivity index (χ4v) is 1.69. The summed E-state index contributed by atoms with van der Waals surface area (Å²) in [5, 5.41) is 12.2. The van der Waals surface area contributed by atoms with Crippen molar-refractivity contribution in [1.82, 2.24) is 10.3 Å². The SMILES string of the molecule is CC(C)(C)NCc1ccc(N(CCO)CC(F)(F)F)nc1. The van der Waals surface area contributed by atoms with E-state index in [0.717, 1.165) is 10.5 Å². The second kappa shape index (κ2) is 7.09. The molecule has 4 nitrogen and oxygen atoms in total. The first-order valence-electron chi connectivity index (χ1n) is 6.73. The summed E-state index contributed by atoms with van der Waals surface area (Å²) in [5.74, 6) is 0.209. The summed E-state index contributed by atoms with van der Waals surface area (Å²) in [6.45, 7) is 5.09. The molecule has 120 valence electrons. The molecule has 2 N–H and O–H groups in total. The van der Waals surface area contributed by atoms with E-state index in [2.05, 4.69) is 10.3 Å². The number of aromatic nitrogens is 1. The third-order valence-corrected chi connectivity index (χ3v) is 2.70. The highest BCUT2D eigenvalue weighted by Crippen LogP contribution is 2.20. The molecular weight excluding hydrogens is 283 g/mol. The zero-order chi connectivity index (χ0) is 16.1. The number of halogens is 3. The Labute approximate surface area is 123 Å². The monoisotopic (exact) mass is 305 g/mol. The number of aliphatic hydroxyl groups is 1. The summed E-state index contributed by atoms with van der Waals surface area (Å²) in [5.41, 5.74) is 0.849. The van der Waals surface area contributed by atoms with Crippen LogP contribution in [0, 0.1) is 0 Å². The summed E-state index contributed by atoms with van der Waals surface area (Å²) in [6.07, 6.45) is -2.78. The van der Waals surface area contributed by atoms with Crippen molar-refractivity contribution >= 4 is 5.82 Å². The van der Waals surface area contributed by atoms with Crippen LogP contribution in [0.2, 0.25) is 0 Å². The summed E-state index contributed by atoms with van der Waals surface area (Å²) in [4.78, 5) is 5.07. The normalized spacial score (nSPS) is 12.5. The summed E-state index contributed by atoms with van der Waals surface area (Å²) in [7, 11) is 0. The lowest BCUT2D eigenvalue weighted by molar-refractivity contribution is -0.120. The van der Waals surface area contributed by atoms with Crippen LogP contribution in [0.3, 0.4) is 0 Å². The van der Waals surface area contributed by atoms with E-state index in [1.54, 1.807) is 18.3 Å². The molecule has 0 atom stereocenters. The van der Waals surface area contributed by atoms with Crippen molar-refractivity contribution in [3.05, 3.63) is 23.9 Å². The molecule has 0 amide bonds. The third kappa shape index (κ3) is 7.29. The Morgan fingerprint density at radius 1 is 1.24 bits per heavy atom. The number of nitrogens with zero attached hydrogens (tertiary/aromatic N) is 2. The fraction of sp³-hybridized carbons (Fsp3) is 0.643. The Morgan fingerprint density at radius 3 is 2.33 bits per heavy atom. The molecule has 0 saturated heterocycles. The number of anilines is 1. The van der Waals surface area contributed by atoms with E-state index in [1.165, 1.54) is 0 Å². The predicted molar refractivity (Wildman–Crippen MR) is 76.2 cm³/mol. The first kappa shape index (κ1) is 17.7. The van der Waals surface area contributed by atoms with Gasteiger partial charge in [-0.05, 0) is 32.4 Å². The van der Waals surface area contributed by atoms with Crippen LogP contribution >= 0.6 is 0 Å². The van der Waals surface area contributed by atoms with Crippen LogP contribution < -0.4 is 10.2 Å². The second-order valence-corrected chi connectivity index (χ2v) is 5.89. The molecule has 0 aliphatic rings. The van der Waals surface area contributed by atoms with Crippen LogP contribution in [0.25, 0.3) is 0 Å². The van der Waals surface area contributed by atoms with Gasteiger partial charge >= 0.3 is 6.18 Å². The molecule has 7 heteroatoms. The minimum Gasteiger partial charge on any atom is -0.395 e. The van der Waals surface area contributed by atoms with Crippen molar-refractivity contribution in [3.63, 3.8) is 0 Å². The fourth-order valence-electron chi connectivity index (χ4n) is 1.69. The van der Waals surface area contributed by atoms with Crippen molar-refractivity contribution < 1.29 is 18.3 Å². The molecule has 0 saturated carbocycles. The molecule has 0 aromatic carbocycles. The molecule has 1 heterocycles. The van der Waals surface area contributed by atoms with Gasteiger partial charge in [-0.2, -0.15) is 13.2 Å². The van der Waals surface area contributed by atoms with Crippen LogP contribution in [0.4, 0.5) is 19.0 Å². The number of alkyl halides is 3. The van der Waals surface area contributed by atoms with Crippen LogP contribution in [0.1, 0.15) is 26.3 Å². The number of aliphatic hydroxyl groups excluding tert-OH is 1. The quantitative estimate of drug-likeness (QED) is 0.847. The standard InChI is InChI=1S/C14H22F3N3O/c1-13(2,3)19-9-11-4-5-12(18-8-11)20(6-7-21)10-14(15,16)17/h4-5,8,19,21H,6-7,9-10H2,1-3H3. The Balaban J connectivity index is 2.73. The van der Waals surface area contributed by atoms with Gasteiger partial charge in [0.25, 0.3) is 0 Å². The summed E-state index contributed by atoms with van der Waals surface area (Å²) < 4.78 is 37.5. The van der Waals surface area contributed by atoms with E-state index < -0.39 is 12.7 Å². The van der Waals surface area contributed by atoms with Gasteiger partial charge in [0.2, 0.25) is 0 Å². The van der Waals surface area contributed by atoms with Crippen molar-refractivity contribution in [2.75, 3.05) is 24.6 Å². The Bertz CT molecular complexity index is 427. The van der Waals surface area contributed by atoms with Crippen molar-refractivity contribution in [2.45, 2.75) is 39.0 Å². The van der Waals surface area contributed by atoms with E-state index in [9.17, 15) is 13.2 Å². The second-order valence-electron chi connectivity index (χ2n) is 5.89. The van der Waals surface area contributed by atoms with Crippen LogP contribution in [-0.2, 0) is 6.54 Å².